The number of unbranched alkanes of at least 4 members (excludes halogenated alkanes) is 1. The highest BCUT2D eigenvalue weighted by molar-refractivity contribution is 5.95. The number of carbonyl (C=O) groups excluding carboxylic acids is 1. The number of hydrogen-bond donors (Lipinski definition) is 2. The summed E-state index contributed by atoms with van der Waals surface area (Å²) < 4.78 is 2.17. The van der Waals surface area contributed by atoms with Crippen LogP contribution in [0.2, 0.25) is 0 Å². The van der Waals surface area contributed by atoms with E-state index in [1.54, 1.807) is 0 Å². The van der Waals surface area contributed by atoms with E-state index in [0.29, 0.717) is 0 Å². The maximum Gasteiger partial charge on any atom is 0.241 e. The van der Waals surface area contributed by atoms with Gasteiger partial charge in [-0.05, 0) is 37.9 Å². The molecule has 1 unspecified atom stereocenters. The summed E-state index contributed by atoms with van der Waals surface area (Å²) in [6, 6.07) is 7.86. The van der Waals surface area contributed by atoms with Crippen LogP contribution in [0.5, 0.6) is 0 Å². The Hall–Kier alpha value is -2.14. The Morgan fingerprint density at radius 2 is 2.39 bits per heavy atom. The average Bonchev–Trinajstić information content (AvgIpc) is 3.24. The summed E-state index contributed by atoms with van der Waals surface area (Å²) in [4.78, 5) is 16.7. The number of aromatic nitrogens is 2. The lowest BCUT2D eigenvalue weighted by Gasteiger charge is -2.12. The van der Waals surface area contributed by atoms with Crippen LogP contribution in [0.3, 0.4) is 0 Å². The molecule has 3 rings (SSSR count). The summed E-state index contributed by atoms with van der Waals surface area (Å²) in [5.41, 5.74) is 1.86. The molecule has 2 aromatic rings. The number of nitrogens with zero attached hydrogens (tertiary/aromatic N) is 2. The fraction of sp³-hybridized carbons (Fsp3) is 0.444. The van der Waals surface area contributed by atoms with Crippen molar-refractivity contribution < 1.29 is 4.79 Å². The van der Waals surface area contributed by atoms with E-state index in [1.165, 1.54) is 0 Å². The fourth-order valence-corrected chi connectivity index (χ4v) is 2.95. The molecule has 0 spiro atoms. The lowest BCUT2D eigenvalue weighted by atomic mass is 10.1. The summed E-state index contributed by atoms with van der Waals surface area (Å²) in [5.74, 6) is 1.00. The highest BCUT2D eigenvalue weighted by Gasteiger charge is 2.22. The minimum atomic E-state index is -0.0646. The van der Waals surface area contributed by atoms with Gasteiger partial charge in [-0.1, -0.05) is 25.5 Å². The first-order valence-corrected chi connectivity index (χ1v) is 8.43. The zero-order chi connectivity index (χ0) is 16.1. The molecule has 0 aliphatic carbocycles. The van der Waals surface area contributed by atoms with Crippen LogP contribution in [0.1, 0.15) is 32.6 Å². The van der Waals surface area contributed by atoms with Crippen LogP contribution < -0.4 is 10.6 Å². The van der Waals surface area contributed by atoms with E-state index in [1.807, 2.05) is 36.7 Å². The molecule has 1 fully saturated rings. The Kier molecular flexibility index (Phi) is 5.08. The molecule has 2 N–H and O–H groups in total. The number of amides is 1. The molecule has 23 heavy (non-hydrogen) atoms. The van der Waals surface area contributed by atoms with Crippen LogP contribution in [-0.4, -0.2) is 28.0 Å². The van der Waals surface area contributed by atoms with Gasteiger partial charge in [0.05, 0.1) is 6.04 Å². The van der Waals surface area contributed by atoms with E-state index < -0.39 is 0 Å². The predicted octanol–water partition coefficient (Wildman–Crippen LogP) is 3.04. The summed E-state index contributed by atoms with van der Waals surface area (Å²) in [5, 5.41) is 6.23. The first-order valence-electron chi connectivity index (χ1n) is 8.43. The summed E-state index contributed by atoms with van der Waals surface area (Å²) >= 11 is 0. The van der Waals surface area contributed by atoms with Crippen LogP contribution in [0, 0.1) is 0 Å². The van der Waals surface area contributed by atoms with Gasteiger partial charge in [0.1, 0.15) is 5.82 Å². The number of aryl methyl sites for hydroxylation is 1. The average molecular weight is 312 g/mol. The Bertz CT molecular complexity index is 659. The highest BCUT2D eigenvalue weighted by atomic mass is 16.2. The van der Waals surface area contributed by atoms with Crippen LogP contribution in [-0.2, 0) is 11.3 Å². The van der Waals surface area contributed by atoms with E-state index in [0.717, 1.165) is 55.8 Å². The van der Waals surface area contributed by atoms with Crippen molar-refractivity contribution in [2.45, 2.75) is 45.2 Å². The van der Waals surface area contributed by atoms with E-state index in [4.69, 9.17) is 0 Å². The van der Waals surface area contributed by atoms with E-state index in [9.17, 15) is 4.79 Å². The number of imidazole rings is 1. The second-order valence-corrected chi connectivity index (χ2v) is 6.02. The van der Waals surface area contributed by atoms with Gasteiger partial charge in [0.15, 0.2) is 0 Å². The topological polar surface area (TPSA) is 59.0 Å². The summed E-state index contributed by atoms with van der Waals surface area (Å²) in [6.45, 7) is 4.07. The van der Waals surface area contributed by atoms with Crippen LogP contribution in [0.25, 0.3) is 11.4 Å². The second-order valence-electron chi connectivity index (χ2n) is 6.02. The van der Waals surface area contributed by atoms with Gasteiger partial charge in [0.25, 0.3) is 0 Å². The zero-order valence-corrected chi connectivity index (χ0v) is 13.6. The fourth-order valence-electron chi connectivity index (χ4n) is 2.95. The molecular formula is C18H24N4O. The summed E-state index contributed by atoms with van der Waals surface area (Å²) in [7, 11) is 0. The zero-order valence-electron chi connectivity index (χ0n) is 13.6. The van der Waals surface area contributed by atoms with Crippen molar-refractivity contribution >= 4 is 11.6 Å². The summed E-state index contributed by atoms with van der Waals surface area (Å²) in [6.07, 6.45) is 8.10. The molecule has 0 bridgehead atoms. The van der Waals surface area contributed by atoms with Crippen molar-refractivity contribution in [1.82, 2.24) is 14.9 Å². The molecule has 1 amide bonds. The number of anilines is 1. The third-order valence-electron chi connectivity index (χ3n) is 4.23. The SMILES string of the molecule is CCCCn1ccnc1-c1cccc(NC(=O)C2CCCN2)c1. The molecule has 1 aliphatic heterocycles. The van der Waals surface area contributed by atoms with Gasteiger partial charge in [-0.2, -0.15) is 0 Å². The van der Waals surface area contributed by atoms with Gasteiger partial charge in [-0.3, -0.25) is 4.79 Å². The lowest BCUT2D eigenvalue weighted by molar-refractivity contribution is -0.117. The smallest absolute Gasteiger partial charge is 0.241 e. The molecular weight excluding hydrogens is 288 g/mol. The lowest BCUT2D eigenvalue weighted by Crippen LogP contribution is -2.35. The normalized spacial score (nSPS) is 17.3. The Morgan fingerprint density at radius 1 is 1.48 bits per heavy atom. The number of hydrogen-bond acceptors (Lipinski definition) is 3. The van der Waals surface area contributed by atoms with Crippen LogP contribution >= 0.6 is 0 Å². The van der Waals surface area contributed by atoms with Gasteiger partial charge in [-0.25, -0.2) is 4.98 Å². The number of rotatable bonds is 6. The molecule has 1 aromatic heterocycles. The molecule has 122 valence electrons. The molecule has 5 heteroatoms. The monoisotopic (exact) mass is 312 g/mol. The second kappa shape index (κ2) is 7.42. The molecule has 0 saturated carbocycles. The molecule has 1 atom stereocenters. The van der Waals surface area contributed by atoms with Crippen molar-refractivity contribution in [3.63, 3.8) is 0 Å². The van der Waals surface area contributed by atoms with E-state index in [2.05, 4.69) is 27.1 Å². The first-order chi connectivity index (χ1) is 11.3. The van der Waals surface area contributed by atoms with E-state index >= 15 is 0 Å². The number of carbonyl (C=O) groups is 1. The minimum absolute atomic E-state index is 0.0500. The van der Waals surface area contributed by atoms with Crippen molar-refractivity contribution in [3.05, 3.63) is 36.7 Å². The molecule has 1 saturated heterocycles. The van der Waals surface area contributed by atoms with Crippen LogP contribution in [0.15, 0.2) is 36.7 Å². The van der Waals surface area contributed by atoms with Crippen molar-refractivity contribution in [1.29, 1.82) is 0 Å². The molecule has 1 aromatic carbocycles. The number of benzene rings is 1. The van der Waals surface area contributed by atoms with Gasteiger partial charge < -0.3 is 15.2 Å². The predicted molar refractivity (Wildman–Crippen MR) is 92.2 cm³/mol. The Morgan fingerprint density at radius 3 is 3.17 bits per heavy atom. The van der Waals surface area contributed by atoms with Gasteiger partial charge >= 0.3 is 0 Å². The third-order valence-corrected chi connectivity index (χ3v) is 4.23. The van der Waals surface area contributed by atoms with Gasteiger partial charge in [-0.15, -0.1) is 0 Å². The van der Waals surface area contributed by atoms with Crippen molar-refractivity contribution in [2.24, 2.45) is 0 Å². The first kappa shape index (κ1) is 15.7. The highest BCUT2D eigenvalue weighted by Crippen LogP contribution is 2.22. The van der Waals surface area contributed by atoms with Crippen molar-refractivity contribution in [2.75, 3.05) is 11.9 Å². The quantitative estimate of drug-likeness (QED) is 0.862. The standard InChI is InChI=1S/C18H24N4O/c1-2-3-11-22-12-10-20-17(22)14-6-4-7-15(13-14)21-18(23)16-8-5-9-19-16/h4,6-7,10,12-13,16,19H,2-3,5,8-9,11H2,1H3,(H,21,23). The Labute approximate surface area is 137 Å². The molecule has 2 heterocycles. The minimum Gasteiger partial charge on any atom is -0.331 e. The maximum atomic E-state index is 12.2. The van der Waals surface area contributed by atoms with Gasteiger partial charge in [0.2, 0.25) is 5.91 Å². The van der Waals surface area contributed by atoms with E-state index in [-0.39, 0.29) is 11.9 Å². The van der Waals surface area contributed by atoms with Crippen molar-refractivity contribution in [3.8, 4) is 11.4 Å². The molecule has 0 radical (unpaired) electrons. The van der Waals surface area contributed by atoms with Gasteiger partial charge in [0, 0.05) is 30.2 Å². The largest absolute Gasteiger partial charge is 0.331 e. The molecule has 5 nitrogen and oxygen atoms in total. The third kappa shape index (κ3) is 3.79. The molecule has 1 aliphatic rings. The number of nitrogens with one attached hydrogen (secondary N) is 2. The van der Waals surface area contributed by atoms with Crippen LogP contribution in [0.4, 0.5) is 5.69 Å². The maximum absolute atomic E-state index is 12.2. The Balaban J connectivity index is 1.74.